The standard InChI is InChI=1S/C15H22N2OS/c1-11(18)16-8-7-12-5-6-14-13(9-12)10-15(17-14)19(2,3)4/h5-6,9-10,17H,7-8H2,1-4H3,(H,16,18). The average molecular weight is 278 g/mol. The van der Waals surface area contributed by atoms with Crippen molar-refractivity contribution in [1.82, 2.24) is 10.3 Å². The van der Waals surface area contributed by atoms with Crippen LogP contribution in [0.2, 0.25) is 0 Å². The molecule has 0 aliphatic rings. The fourth-order valence-corrected chi connectivity index (χ4v) is 2.92. The number of nitrogens with one attached hydrogen (secondary N) is 2. The van der Waals surface area contributed by atoms with Crippen molar-refractivity contribution in [2.75, 3.05) is 25.3 Å². The molecule has 1 heterocycles. The summed E-state index contributed by atoms with van der Waals surface area (Å²) in [5.41, 5.74) is 2.46. The maximum absolute atomic E-state index is 10.8. The van der Waals surface area contributed by atoms with E-state index in [2.05, 4.69) is 53.3 Å². The zero-order chi connectivity index (χ0) is 14.0. The molecule has 0 aliphatic carbocycles. The van der Waals surface area contributed by atoms with E-state index < -0.39 is 10.0 Å². The van der Waals surface area contributed by atoms with Gasteiger partial charge in [-0.25, -0.2) is 10.0 Å². The third-order valence-corrected chi connectivity index (χ3v) is 4.65. The Hall–Kier alpha value is -1.42. The van der Waals surface area contributed by atoms with Crippen molar-refractivity contribution in [2.24, 2.45) is 0 Å². The van der Waals surface area contributed by atoms with Crippen molar-refractivity contribution in [1.29, 1.82) is 0 Å². The first-order chi connectivity index (χ1) is 8.86. The zero-order valence-corrected chi connectivity index (χ0v) is 12.9. The van der Waals surface area contributed by atoms with Crippen LogP contribution in [0, 0.1) is 0 Å². The molecule has 0 fully saturated rings. The first-order valence-corrected chi connectivity index (χ1v) is 9.26. The highest BCUT2D eigenvalue weighted by molar-refractivity contribution is 8.32. The first-order valence-electron chi connectivity index (χ1n) is 6.41. The number of benzene rings is 1. The lowest BCUT2D eigenvalue weighted by molar-refractivity contribution is -0.118. The Morgan fingerprint density at radius 1 is 1.26 bits per heavy atom. The van der Waals surface area contributed by atoms with Crippen LogP contribution >= 0.6 is 10.0 Å². The second kappa shape index (κ2) is 5.29. The number of amides is 1. The second-order valence-electron chi connectivity index (χ2n) is 5.63. The van der Waals surface area contributed by atoms with E-state index in [0.717, 1.165) is 6.42 Å². The normalized spacial score (nSPS) is 12.6. The molecule has 0 saturated heterocycles. The molecule has 2 aromatic rings. The Labute approximate surface area is 116 Å². The van der Waals surface area contributed by atoms with Crippen molar-refractivity contribution in [3.8, 4) is 0 Å². The van der Waals surface area contributed by atoms with Gasteiger partial charge in [0.05, 0.1) is 5.03 Å². The van der Waals surface area contributed by atoms with Gasteiger partial charge in [-0.3, -0.25) is 4.79 Å². The van der Waals surface area contributed by atoms with E-state index >= 15 is 0 Å². The summed E-state index contributed by atoms with van der Waals surface area (Å²) < 4.78 is 0. The number of hydrogen-bond donors (Lipinski definition) is 2. The van der Waals surface area contributed by atoms with Crippen LogP contribution in [-0.2, 0) is 11.2 Å². The molecule has 0 unspecified atom stereocenters. The third-order valence-electron chi connectivity index (χ3n) is 3.11. The molecule has 1 aromatic heterocycles. The molecule has 0 saturated carbocycles. The van der Waals surface area contributed by atoms with E-state index in [1.807, 2.05) is 0 Å². The molecule has 4 heteroatoms. The van der Waals surface area contributed by atoms with E-state index in [-0.39, 0.29) is 5.91 Å². The van der Waals surface area contributed by atoms with Gasteiger partial charge in [-0.1, -0.05) is 6.07 Å². The predicted octanol–water partition coefficient (Wildman–Crippen LogP) is 2.90. The summed E-state index contributed by atoms with van der Waals surface area (Å²) >= 11 is 0. The van der Waals surface area contributed by atoms with Gasteiger partial charge in [0, 0.05) is 24.4 Å². The highest BCUT2D eigenvalue weighted by Crippen LogP contribution is 2.45. The minimum absolute atomic E-state index is 0.0290. The fourth-order valence-electron chi connectivity index (χ4n) is 2.02. The lowest BCUT2D eigenvalue weighted by Crippen LogP contribution is -2.22. The molecule has 1 aromatic carbocycles. The molecule has 19 heavy (non-hydrogen) atoms. The van der Waals surface area contributed by atoms with Crippen LogP contribution < -0.4 is 5.32 Å². The van der Waals surface area contributed by atoms with Gasteiger partial charge in [0.15, 0.2) is 0 Å². The quantitative estimate of drug-likeness (QED) is 0.887. The highest BCUT2D eigenvalue weighted by atomic mass is 32.3. The molecule has 2 rings (SSSR count). The van der Waals surface area contributed by atoms with E-state index in [0.29, 0.717) is 6.54 Å². The lowest BCUT2D eigenvalue weighted by Gasteiger charge is -2.23. The molecule has 104 valence electrons. The molecule has 0 bridgehead atoms. The number of aromatic nitrogens is 1. The van der Waals surface area contributed by atoms with Gasteiger partial charge >= 0.3 is 0 Å². The zero-order valence-electron chi connectivity index (χ0n) is 12.0. The predicted molar refractivity (Wildman–Crippen MR) is 84.3 cm³/mol. The minimum atomic E-state index is -0.718. The van der Waals surface area contributed by atoms with Crippen molar-refractivity contribution in [3.05, 3.63) is 29.8 Å². The molecule has 1 amide bonds. The number of aromatic amines is 1. The Kier molecular flexibility index (Phi) is 3.90. The molecule has 0 radical (unpaired) electrons. The van der Waals surface area contributed by atoms with Crippen molar-refractivity contribution < 1.29 is 4.79 Å². The van der Waals surface area contributed by atoms with Crippen molar-refractivity contribution in [3.63, 3.8) is 0 Å². The maximum atomic E-state index is 10.8. The fraction of sp³-hybridized carbons (Fsp3) is 0.400. The molecular formula is C15H22N2OS. The highest BCUT2D eigenvalue weighted by Gasteiger charge is 2.11. The summed E-state index contributed by atoms with van der Waals surface area (Å²) in [5.74, 6) is 0.0290. The first kappa shape index (κ1) is 14.0. The number of rotatable bonds is 4. The van der Waals surface area contributed by atoms with E-state index in [4.69, 9.17) is 0 Å². The van der Waals surface area contributed by atoms with Gasteiger partial charge in [-0.2, -0.15) is 0 Å². The van der Waals surface area contributed by atoms with Gasteiger partial charge in [0.25, 0.3) is 0 Å². The molecule has 2 N–H and O–H groups in total. The summed E-state index contributed by atoms with van der Waals surface area (Å²) in [6.45, 7) is 2.25. The van der Waals surface area contributed by atoms with E-state index in [9.17, 15) is 4.79 Å². The number of fused-ring (bicyclic) bond motifs is 1. The largest absolute Gasteiger partial charge is 0.356 e. The lowest BCUT2D eigenvalue weighted by atomic mass is 10.1. The number of hydrogen-bond acceptors (Lipinski definition) is 1. The van der Waals surface area contributed by atoms with Crippen LogP contribution in [0.4, 0.5) is 0 Å². The second-order valence-corrected chi connectivity index (χ2v) is 9.74. The summed E-state index contributed by atoms with van der Waals surface area (Å²) in [6, 6.07) is 8.73. The Morgan fingerprint density at radius 2 is 2.00 bits per heavy atom. The van der Waals surface area contributed by atoms with Gasteiger partial charge in [-0.05, 0) is 49.0 Å². The summed E-state index contributed by atoms with van der Waals surface area (Å²) in [5, 5.41) is 5.43. The number of carbonyl (C=O) groups excluding carboxylic acids is 1. The molecular weight excluding hydrogens is 256 g/mol. The molecule has 0 aliphatic heterocycles. The Morgan fingerprint density at radius 3 is 2.63 bits per heavy atom. The minimum Gasteiger partial charge on any atom is -0.356 e. The molecule has 3 nitrogen and oxygen atoms in total. The van der Waals surface area contributed by atoms with Crippen molar-refractivity contribution in [2.45, 2.75) is 18.4 Å². The summed E-state index contributed by atoms with van der Waals surface area (Å²) in [4.78, 5) is 14.4. The number of H-pyrrole nitrogens is 1. The van der Waals surface area contributed by atoms with Gasteiger partial charge < -0.3 is 10.3 Å². The smallest absolute Gasteiger partial charge is 0.216 e. The summed E-state index contributed by atoms with van der Waals surface area (Å²) in [7, 11) is -0.718. The van der Waals surface area contributed by atoms with Crippen LogP contribution in [0.5, 0.6) is 0 Å². The van der Waals surface area contributed by atoms with Crippen LogP contribution in [0.1, 0.15) is 12.5 Å². The Balaban J connectivity index is 2.18. The third kappa shape index (κ3) is 3.53. The molecule has 0 atom stereocenters. The van der Waals surface area contributed by atoms with Crippen LogP contribution in [0.15, 0.2) is 29.3 Å². The van der Waals surface area contributed by atoms with Crippen molar-refractivity contribution >= 4 is 26.8 Å². The average Bonchev–Trinajstić information content (AvgIpc) is 2.71. The van der Waals surface area contributed by atoms with E-state index in [1.165, 1.54) is 21.5 Å². The van der Waals surface area contributed by atoms with Crippen LogP contribution in [0.25, 0.3) is 10.9 Å². The van der Waals surface area contributed by atoms with Gasteiger partial charge in [0.2, 0.25) is 5.91 Å². The van der Waals surface area contributed by atoms with E-state index in [1.54, 1.807) is 6.92 Å². The number of carbonyl (C=O) groups is 1. The SMILES string of the molecule is CC(=O)NCCc1ccc2[nH]c(S(C)(C)C)cc2c1. The monoisotopic (exact) mass is 278 g/mol. The maximum Gasteiger partial charge on any atom is 0.216 e. The van der Waals surface area contributed by atoms with Gasteiger partial charge in [-0.15, -0.1) is 0 Å². The molecule has 0 spiro atoms. The Bertz CT molecular complexity index is 596. The summed E-state index contributed by atoms with van der Waals surface area (Å²) in [6.07, 6.45) is 7.73. The van der Waals surface area contributed by atoms with Crippen LogP contribution in [-0.4, -0.2) is 36.2 Å². The topological polar surface area (TPSA) is 44.9 Å². The van der Waals surface area contributed by atoms with Gasteiger partial charge in [0.1, 0.15) is 0 Å². The van der Waals surface area contributed by atoms with Crippen LogP contribution in [0.3, 0.4) is 0 Å².